The van der Waals surface area contributed by atoms with E-state index in [1.807, 2.05) is 40.1 Å². The summed E-state index contributed by atoms with van der Waals surface area (Å²) >= 11 is 0. The molecule has 2 amide bonds. The van der Waals surface area contributed by atoms with Crippen LogP contribution in [0.5, 0.6) is 0 Å². The number of piperazine rings is 1. The summed E-state index contributed by atoms with van der Waals surface area (Å²) in [4.78, 5) is 30.9. The van der Waals surface area contributed by atoms with E-state index in [4.69, 9.17) is 0 Å². The van der Waals surface area contributed by atoms with Crippen LogP contribution in [-0.4, -0.2) is 65.8 Å². The molecule has 2 aliphatic rings. The van der Waals surface area contributed by atoms with E-state index >= 15 is 0 Å². The first-order valence-electron chi connectivity index (χ1n) is 9.00. The van der Waals surface area contributed by atoms with Gasteiger partial charge in [0.2, 0.25) is 11.8 Å². The number of rotatable bonds is 3. The molecular weight excluding hydrogens is 302 g/mol. The lowest BCUT2D eigenvalue weighted by atomic mass is 10.0. The molecule has 5 nitrogen and oxygen atoms in total. The average Bonchev–Trinajstić information content (AvgIpc) is 2.64. The third-order valence-electron chi connectivity index (χ3n) is 5.14. The highest BCUT2D eigenvalue weighted by Gasteiger charge is 2.34. The fourth-order valence-corrected chi connectivity index (χ4v) is 3.73. The zero-order valence-corrected chi connectivity index (χ0v) is 14.5. The predicted molar refractivity (Wildman–Crippen MR) is 93.4 cm³/mol. The van der Waals surface area contributed by atoms with E-state index in [0.717, 1.165) is 44.6 Å². The number of hydrogen-bond acceptors (Lipinski definition) is 3. The summed E-state index contributed by atoms with van der Waals surface area (Å²) in [6.07, 6.45) is 3.42. The van der Waals surface area contributed by atoms with E-state index in [2.05, 4.69) is 4.90 Å². The Kier molecular flexibility index (Phi) is 5.51. The first kappa shape index (κ1) is 17.0. The molecular formula is C19H27N3O2. The van der Waals surface area contributed by atoms with Gasteiger partial charge < -0.3 is 9.80 Å². The van der Waals surface area contributed by atoms with Gasteiger partial charge in [0.15, 0.2) is 0 Å². The molecule has 1 aromatic rings. The van der Waals surface area contributed by atoms with Gasteiger partial charge in [0.1, 0.15) is 6.04 Å². The van der Waals surface area contributed by atoms with Crippen molar-refractivity contribution in [3.63, 3.8) is 0 Å². The van der Waals surface area contributed by atoms with Gasteiger partial charge in [-0.15, -0.1) is 0 Å². The summed E-state index contributed by atoms with van der Waals surface area (Å²) in [5.41, 5.74) is 1.06. The molecule has 0 radical (unpaired) electrons. The normalized spacial score (nSPS) is 20.7. The summed E-state index contributed by atoms with van der Waals surface area (Å²) in [7, 11) is 0. The topological polar surface area (TPSA) is 43.9 Å². The number of benzene rings is 1. The highest BCUT2D eigenvalue weighted by atomic mass is 16.2. The van der Waals surface area contributed by atoms with Crippen molar-refractivity contribution in [2.24, 2.45) is 0 Å². The molecule has 5 heteroatoms. The van der Waals surface area contributed by atoms with Crippen LogP contribution in [0.15, 0.2) is 30.3 Å². The number of likely N-dealkylation sites (tertiary alicyclic amines) is 1. The summed E-state index contributed by atoms with van der Waals surface area (Å²) in [5.74, 6) is 0.338. The van der Waals surface area contributed by atoms with Crippen LogP contribution in [0.4, 0.5) is 0 Å². The van der Waals surface area contributed by atoms with Gasteiger partial charge in [-0.25, -0.2) is 0 Å². The number of nitrogens with zero attached hydrogens (tertiary/aromatic N) is 3. The molecule has 0 aliphatic carbocycles. The van der Waals surface area contributed by atoms with E-state index in [-0.39, 0.29) is 17.9 Å². The van der Waals surface area contributed by atoms with Crippen LogP contribution in [0.1, 0.15) is 37.8 Å². The minimum atomic E-state index is -0.224. The van der Waals surface area contributed by atoms with Crippen LogP contribution < -0.4 is 0 Å². The Morgan fingerprint density at radius 2 is 1.46 bits per heavy atom. The number of carbonyl (C=O) groups is 2. The first-order chi connectivity index (χ1) is 11.7. The molecule has 0 bridgehead atoms. The first-order valence-corrected chi connectivity index (χ1v) is 9.00. The van der Waals surface area contributed by atoms with Crippen molar-refractivity contribution >= 4 is 11.8 Å². The van der Waals surface area contributed by atoms with Crippen molar-refractivity contribution in [1.82, 2.24) is 14.7 Å². The summed E-state index contributed by atoms with van der Waals surface area (Å²) in [6, 6.07) is 9.85. The maximum Gasteiger partial charge on any atom is 0.244 e. The van der Waals surface area contributed by atoms with Crippen LogP contribution >= 0.6 is 0 Å². The molecule has 2 heterocycles. The Balaban J connectivity index is 1.78. The molecule has 1 atom stereocenters. The monoisotopic (exact) mass is 329 g/mol. The second kappa shape index (κ2) is 7.79. The number of amides is 2. The zero-order valence-electron chi connectivity index (χ0n) is 14.5. The van der Waals surface area contributed by atoms with Crippen molar-refractivity contribution in [2.45, 2.75) is 32.2 Å². The van der Waals surface area contributed by atoms with Crippen LogP contribution in [0.2, 0.25) is 0 Å². The molecule has 1 unspecified atom stereocenters. The molecule has 0 aromatic heterocycles. The van der Waals surface area contributed by atoms with Crippen LogP contribution in [0.3, 0.4) is 0 Å². The predicted octanol–water partition coefficient (Wildman–Crippen LogP) is 1.90. The lowest BCUT2D eigenvalue weighted by Gasteiger charge is -2.40. The largest absolute Gasteiger partial charge is 0.341 e. The molecule has 1 aromatic carbocycles. The molecule has 2 aliphatic heterocycles. The minimum Gasteiger partial charge on any atom is -0.341 e. The number of piperidine rings is 1. The maximum atomic E-state index is 13.2. The van der Waals surface area contributed by atoms with Crippen molar-refractivity contribution < 1.29 is 9.59 Å². The third kappa shape index (κ3) is 3.78. The minimum absolute atomic E-state index is 0.119. The van der Waals surface area contributed by atoms with Gasteiger partial charge in [0, 0.05) is 46.2 Å². The Hall–Kier alpha value is -1.88. The van der Waals surface area contributed by atoms with Crippen LogP contribution in [-0.2, 0) is 9.59 Å². The fraction of sp³-hybridized carbons (Fsp3) is 0.579. The molecule has 2 fully saturated rings. The van der Waals surface area contributed by atoms with Gasteiger partial charge in [-0.3, -0.25) is 14.5 Å². The van der Waals surface area contributed by atoms with E-state index < -0.39 is 0 Å². The maximum absolute atomic E-state index is 13.2. The number of carbonyl (C=O) groups excluding carboxylic acids is 2. The van der Waals surface area contributed by atoms with E-state index in [1.165, 1.54) is 6.42 Å². The molecule has 0 spiro atoms. The average molecular weight is 329 g/mol. The quantitative estimate of drug-likeness (QED) is 0.851. The Labute approximate surface area is 144 Å². The second-order valence-electron chi connectivity index (χ2n) is 6.74. The Bertz CT molecular complexity index is 561. The van der Waals surface area contributed by atoms with E-state index in [1.54, 1.807) is 6.92 Å². The van der Waals surface area contributed by atoms with Gasteiger partial charge in [0.05, 0.1) is 0 Å². The lowest BCUT2D eigenvalue weighted by Crippen LogP contribution is -2.53. The fourth-order valence-electron chi connectivity index (χ4n) is 3.73. The summed E-state index contributed by atoms with van der Waals surface area (Å²) in [5, 5.41) is 0. The molecule has 24 heavy (non-hydrogen) atoms. The highest BCUT2D eigenvalue weighted by Crippen LogP contribution is 2.26. The van der Waals surface area contributed by atoms with Gasteiger partial charge >= 0.3 is 0 Å². The van der Waals surface area contributed by atoms with E-state index in [0.29, 0.717) is 13.1 Å². The van der Waals surface area contributed by atoms with Gasteiger partial charge in [-0.1, -0.05) is 30.3 Å². The SMILES string of the molecule is CC(=O)N1CCN(C(C(=O)N2CCCCC2)c2ccccc2)CC1. The van der Waals surface area contributed by atoms with Crippen molar-refractivity contribution in [3.8, 4) is 0 Å². The van der Waals surface area contributed by atoms with Crippen molar-refractivity contribution in [2.75, 3.05) is 39.3 Å². The van der Waals surface area contributed by atoms with Crippen molar-refractivity contribution in [3.05, 3.63) is 35.9 Å². The zero-order chi connectivity index (χ0) is 16.9. The standard InChI is InChI=1S/C19H27N3O2/c1-16(23)20-12-14-21(15-13-20)18(17-8-4-2-5-9-17)19(24)22-10-6-3-7-11-22/h2,4-5,8-9,18H,3,6-7,10-15H2,1H3. The lowest BCUT2D eigenvalue weighted by molar-refractivity contribution is -0.140. The Morgan fingerprint density at radius 1 is 0.833 bits per heavy atom. The number of hydrogen-bond donors (Lipinski definition) is 0. The third-order valence-corrected chi connectivity index (χ3v) is 5.14. The molecule has 0 N–H and O–H groups in total. The van der Waals surface area contributed by atoms with E-state index in [9.17, 15) is 9.59 Å². The summed E-state index contributed by atoms with van der Waals surface area (Å²) in [6.45, 7) is 6.25. The molecule has 130 valence electrons. The second-order valence-corrected chi connectivity index (χ2v) is 6.74. The van der Waals surface area contributed by atoms with Crippen molar-refractivity contribution in [1.29, 1.82) is 0 Å². The molecule has 3 rings (SSSR count). The Morgan fingerprint density at radius 3 is 2.04 bits per heavy atom. The van der Waals surface area contributed by atoms with Gasteiger partial charge in [0.25, 0.3) is 0 Å². The van der Waals surface area contributed by atoms with Crippen LogP contribution in [0.25, 0.3) is 0 Å². The highest BCUT2D eigenvalue weighted by molar-refractivity contribution is 5.83. The van der Waals surface area contributed by atoms with Gasteiger partial charge in [-0.05, 0) is 24.8 Å². The molecule has 2 saturated heterocycles. The smallest absolute Gasteiger partial charge is 0.244 e. The van der Waals surface area contributed by atoms with Gasteiger partial charge in [-0.2, -0.15) is 0 Å². The summed E-state index contributed by atoms with van der Waals surface area (Å²) < 4.78 is 0. The van der Waals surface area contributed by atoms with Crippen LogP contribution in [0, 0.1) is 0 Å². The molecule has 0 saturated carbocycles.